The van der Waals surface area contributed by atoms with E-state index in [9.17, 15) is 28.1 Å². The fraction of sp³-hybridized carbons (Fsp3) is 0.250. The summed E-state index contributed by atoms with van der Waals surface area (Å²) in [5.41, 5.74) is 0.821. The van der Waals surface area contributed by atoms with Crippen LogP contribution in [-0.2, 0) is 21.3 Å². The fourth-order valence-corrected chi connectivity index (χ4v) is 5.80. The molecule has 190 valence electrons. The second kappa shape index (κ2) is 11.4. The molecule has 0 saturated carbocycles. The highest BCUT2D eigenvalue weighted by molar-refractivity contribution is 7.89. The molecule has 1 amide bonds. The maximum absolute atomic E-state index is 13.3. The fourth-order valence-electron chi connectivity index (χ4n) is 3.32. The Morgan fingerprint density at radius 2 is 1.75 bits per heavy atom. The summed E-state index contributed by atoms with van der Waals surface area (Å²) >= 11 is 0.626. The number of hydrogen-bond acceptors (Lipinski definition) is 8. The second-order valence-corrected chi connectivity index (χ2v) is 10.8. The van der Waals surface area contributed by atoms with E-state index >= 15 is 0 Å². The van der Waals surface area contributed by atoms with E-state index < -0.39 is 26.8 Å². The molecule has 0 aliphatic carbocycles. The molecule has 2 aromatic carbocycles. The van der Waals surface area contributed by atoms with Crippen LogP contribution in [0.5, 0.6) is 0 Å². The van der Waals surface area contributed by atoms with Gasteiger partial charge in [0.2, 0.25) is 10.0 Å². The number of carbonyl (C=O) groups is 2. The van der Waals surface area contributed by atoms with Crippen molar-refractivity contribution in [2.45, 2.75) is 38.3 Å². The van der Waals surface area contributed by atoms with E-state index in [0.29, 0.717) is 11.3 Å². The number of sulfonamides is 1. The molecule has 0 fully saturated rings. The van der Waals surface area contributed by atoms with E-state index in [0.717, 1.165) is 11.6 Å². The smallest absolute Gasteiger partial charge is 0.341 e. The van der Waals surface area contributed by atoms with Gasteiger partial charge in [0.15, 0.2) is 0 Å². The van der Waals surface area contributed by atoms with Crippen LogP contribution in [0.25, 0.3) is 0 Å². The van der Waals surface area contributed by atoms with E-state index in [-0.39, 0.29) is 45.2 Å². The minimum atomic E-state index is -3.86. The molecule has 12 heteroatoms. The molecule has 0 atom stereocenters. The van der Waals surface area contributed by atoms with Crippen LogP contribution in [0, 0.1) is 10.1 Å². The van der Waals surface area contributed by atoms with Gasteiger partial charge < -0.3 is 10.1 Å². The Balaban J connectivity index is 1.83. The van der Waals surface area contributed by atoms with Crippen LogP contribution in [-0.4, -0.2) is 42.2 Å². The number of rotatable bonds is 10. The topological polar surface area (TPSA) is 136 Å². The molecule has 3 aromatic rings. The number of esters is 1. The summed E-state index contributed by atoms with van der Waals surface area (Å²) < 4.78 is 32.9. The summed E-state index contributed by atoms with van der Waals surface area (Å²) in [4.78, 5) is 35.4. The number of nitrogens with zero attached hydrogens (tertiary/aromatic N) is 2. The number of thiophene rings is 1. The Labute approximate surface area is 212 Å². The predicted octanol–water partition coefficient (Wildman–Crippen LogP) is 4.68. The Kier molecular flexibility index (Phi) is 8.56. The van der Waals surface area contributed by atoms with Gasteiger partial charge in [-0.1, -0.05) is 30.3 Å². The second-order valence-electron chi connectivity index (χ2n) is 7.91. The molecule has 1 heterocycles. The van der Waals surface area contributed by atoms with Gasteiger partial charge in [-0.2, -0.15) is 4.31 Å². The number of ether oxygens (including phenoxy) is 1. The first-order valence-electron chi connectivity index (χ1n) is 11.0. The van der Waals surface area contributed by atoms with E-state index in [1.807, 2.05) is 30.3 Å². The van der Waals surface area contributed by atoms with Crippen LogP contribution in [0.15, 0.2) is 65.6 Å². The molecule has 0 bridgehead atoms. The number of nitrogens with one attached hydrogen (secondary N) is 1. The van der Waals surface area contributed by atoms with Crippen molar-refractivity contribution in [2.75, 3.05) is 11.9 Å². The number of amides is 1. The number of hydrogen-bond donors (Lipinski definition) is 1. The highest BCUT2D eigenvalue weighted by Gasteiger charge is 2.28. The third-order valence-corrected chi connectivity index (χ3v) is 8.14. The maximum atomic E-state index is 13.3. The quantitative estimate of drug-likeness (QED) is 0.228. The average molecular weight is 532 g/mol. The highest BCUT2D eigenvalue weighted by atomic mass is 32.2. The van der Waals surface area contributed by atoms with Crippen LogP contribution >= 0.6 is 11.3 Å². The molecule has 36 heavy (non-hydrogen) atoms. The minimum absolute atomic E-state index is 0.0163. The van der Waals surface area contributed by atoms with Crippen LogP contribution in [0.2, 0.25) is 0 Å². The maximum Gasteiger partial charge on any atom is 0.341 e. The van der Waals surface area contributed by atoms with Crippen LogP contribution in [0.1, 0.15) is 47.1 Å². The summed E-state index contributed by atoms with van der Waals surface area (Å²) in [6, 6.07) is 15.3. The van der Waals surface area contributed by atoms with E-state index in [4.69, 9.17) is 4.74 Å². The number of anilines is 1. The lowest BCUT2D eigenvalue weighted by Gasteiger charge is -2.26. The molecule has 0 saturated heterocycles. The molecular formula is C24H25N3O7S2. The third kappa shape index (κ3) is 6.14. The lowest BCUT2D eigenvalue weighted by molar-refractivity contribution is -0.380. The highest BCUT2D eigenvalue weighted by Crippen LogP contribution is 2.34. The molecule has 0 spiro atoms. The summed E-state index contributed by atoms with van der Waals surface area (Å²) in [6.07, 6.45) is 0. The largest absolute Gasteiger partial charge is 0.462 e. The normalized spacial score (nSPS) is 11.5. The number of nitro groups is 1. The molecule has 1 aromatic heterocycles. The molecule has 0 radical (unpaired) electrons. The van der Waals surface area contributed by atoms with Crippen LogP contribution in [0.3, 0.4) is 0 Å². The van der Waals surface area contributed by atoms with Gasteiger partial charge in [0, 0.05) is 24.2 Å². The van der Waals surface area contributed by atoms with Gasteiger partial charge in [-0.05, 0) is 61.9 Å². The van der Waals surface area contributed by atoms with Gasteiger partial charge in [-0.25, -0.2) is 13.2 Å². The van der Waals surface area contributed by atoms with Crippen molar-refractivity contribution >= 4 is 43.2 Å². The van der Waals surface area contributed by atoms with Crippen molar-refractivity contribution in [3.05, 3.63) is 87.5 Å². The minimum Gasteiger partial charge on any atom is -0.462 e. The Morgan fingerprint density at radius 3 is 2.31 bits per heavy atom. The van der Waals surface area contributed by atoms with Crippen LogP contribution in [0.4, 0.5) is 10.0 Å². The SMILES string of the molecule is CCOC(=O)c1cc([N+](=O)[O-])sc1NC(=O)c1ccc(S(=O)(=O)N(Cc2ccccc2)C(C)C)cc1. The first kappa shape index (κ1) is 27.0. The Hall–Kier alpha value is -3.61. The zero-order valence-corrected chi connectivity index (χ0v) is 21.5. The summed E-state index contributed by atoms with van der Waals surface area (Å²) in [6.45, 7) is 5.40. The molecule has 0 aliphatic rings. The van der Waals surface area contributed by atoms with Crippen molar-refractivity contribution < 1.29 is 27.7 Å². The monoisotopic (exact) mass is 531 g/mol. The molecule has 1 N–H and O–H groups in total. The van der Waals surface area contributed by atoms with Gasteiger partial charge in [0.1, 0.15) is 10.6 Å². The van der Waals surface area contributed by atoms with Crippen molar-refractivity contribution in [3.8, 4) is 0 Å². The van der Waals surface area contributed by atoms with E-state index in [1.165, 1.54) is 28.6 Å². The lowest BCUT2D eigenvalue weighted by Crippen LogP contribution is -2.36. The first-order chi connectivity index (χ1) is 17.0. The summed E-state index contributed by atoms with van der Waals surface area (Å²) in [5, 5.41) is 13.3. The molecule has 0 aliphatic heterocycles. The molecule has 3 rings (SSSR count). The van der Waals surface area contributed by atoms with E-state index in [1.54, 1.807) is 20.8 Å². The molecule has 10 nitrogen and oxygen atoms in total. The van der Waals surface area contributed by atoms with Gasteiger partial charge >= 0.3 is 11.0 Å². The molecular weight excluding hydrogens is 506 g/mol. The van der Waals surface area contributed by atoms with Gasteiger partial charge in [-0.3, -0.25) is 14.9 Å². The van der Waals surface area contributed by atoms with E-state index in [2.05, 4.69) is 5.32 Å². The Morgan fingerprint density at radius 1 is 1.11 bits per heavy atom. The molecule has 0 unspecified atom stereocenters. The third-order valence-electron chi connectivity index (χ3n) is 5.10. The number of carbonyl (C=O) groups excluding carboxylic acids is 2. The zero-order chi connectivity index (χ0) is 26.5. The number of benzene rings is 2. The summed E-state index contributed by atoms with van der Waals surface area (Å²) in [7, 11) is -3.86. The standard InChI is InChI=1S/C24H25N3O7S2/c1-4-34-24(29)20-14-21(27(30)31)35-23(20)25-22(28)18-10-12-19(13-11-18)36(32,33)26(16(2)3)15-17-8-6-5-7-9-17/h5-14,16H,4,15H2,1-3H3,(H,25,28). The van der Waals surface area contributed by atoms with Gasteiger partial charge in [0.05, 0.1) is 16.4 Å². The van der Waals surface area contributed by atoms with Crippen molar-refractivity contribution in [1.82, 2.24) is 4.31 Å². The van der Waals surface area contributed by atoms with Gasteiger partial charge in [-0.15, -0.1) is 0 Å². The van der Waals surface area contributed by atoms with Crippen LogP contribution < -0.4 is 5.32 Å². The van der Waals surface area contributed by atoms with Crippen molar-refractivity contribution in [3.63, 3.8) is 0 Å². The average Bonchev–Trinajstić information content (AvgIpc) is 3.27. The Bertz CT molecular complexity index is 1350. The predicted molar refractivity (Wildman–Crippen MR) is 136 cm³/mol. The van der Waals surface area contributed by atoms with Gasteiger partial charge in [0.25, 0.3) is 5.91 Å². The zero-order valence-electron chi connectivity index (χ0n) is 19.8. The first-order valence-corrected chi connectivity index (χ1v) is 13.2. The van der Waals surface area contributed by atoms with Crippen molar-refractivity contribution in [1.29, 1.82) is 0 Å². The lowest BCUT2D eigenvalue weighted by atomic mass is 10.2. The summed E-state index contributed by atoms with van der Waals surface area (Å²) in [5.74, 6) is -1.46. The van der Waals surface area contributed by atoms with Crippen molar-refractivity contribution in [2.24, 2.45) is 0 Å².